The van der Waals surface area contributed by atoms with Gasteiger partial charge in [0, 0.05) is 12.1 Å². The van der Waals surface area contributed by atoms with Crippen molar-refractivity contribution >= 4 is 5.91 Å². The van der Waals surface area contributed by atoms with Crippen molar-refractivity contribution in [2.75, 3.05) is 13.2 Å². The third kappa shape index (κ3) is 7.60. The van der Waals surface area contributed by atoms with Crippen molar-refractivity contribution in [2.24, 2.45) is 0 Å². The number of benzene rings is 1. The van der Waals surface area contributed by atoms with Crippen molar-refractivity contribution in [3.63, 3.8) is 0 Å². The highest BCUT2D eigenvalue weighted by Crippen LogP contribution is 2.13. The van der Waals surface area contributed by atoms with Gasteiger partial charge >= 0.3 is 0 Å². The van der Waals surface area contributed by atoms with E-state index in [2.05, 4.69) is 12.2 Å². The first-order valence-electron chi connectivity index (χ1n) is 8.73. The van der Waals surface area contributed by atoms with Gasteiger partial charge in [-0.3, -0.25) is 4.79 Å². The van der Waals surface area contributed by atoms with Gasteiger partial charge in [0.25, 0.3) is 5.91 Å². The molecule has 1 aromatic carbocycles. The average molecular weight is 304 g/mol. The molecule has 3 heteroatoms. The molecule has 0 saturated carbocycles. The van der Waals surface area contributed by atoms with Gasteiger partial charge in [0.15, 0.2) is 0 Å². The van der Waals surface area contributed by atoms with E-state index in [1.54, 1.807) is 0 Å². The van der Waals surface area contributed by atoms with Crippen LogP contribution in [0, 0.1) is 0 Å². The molecule has 0 atom stereocenters. The van der Waals surface area contributed by atoms with Crippen molar-refractivity contribution in [3.05, 3.63) is 35.4 Å². The summed E-state index contributed by atoms with van der Waals surface area (Å²) >= 11 is 0. The summed E-state index contributed by atoms with van der Waals surface area (Å²) in [6.45, 7) is 2.97. The van der Waals surface area contributed by atoms with Crippen LogP contribution in [-0.2, 0) is 11.5 Å². The largest absolute Gasteiger partial charge is 0.352 e. The number of amides is 1. The number of carbonyl (C=O) groups is 1. The van der Waals surface area contributed by atoms with Crippen LogP contribution in [0.1, 0.15) is 74.2 Å². The van der Waals surface area contributed by atoms with Gasteiger partial charge in [0.2, 0.25) is 0 Å². The van der Waals surface area contributed by atoms with E-state index < -0.39 is 0 Å². The van der Waals surface area contributed by atoms with E-state index in [0.29, 0.717) is 0 Å². The fourth-order valence-electron chi connectivity index (χ4n) is 2.58. The summed E-state index contributed by atoms with van der Waals surface area (Å²) in [6.07, 6.45) is 9.46. The molecule has 0 aliphatic heterocycles. The van der Waals surface area contributed by atoms with Crippen LogP contribution < -0.4 is 5.32 Å². The Hall–Kier alpha value is -1.35. The van der Waals surface area contributed by atoms with Crippen LogP contribution in [0.5, 0.6) is 0 Å². The highest BCUT2D eigenvalue weighted by atomic mass is 16.2. The van der Waals surface area contributed by atoms with Gasteiger partial charge in [0.05, 0.1) is 6.61 Å². The van der Waals surface area contributed by atoms with Crippen LogP contribution in [-0.4, -0.2) is 19.1 Å². The SMILES string of the molecule is CCCCCCNC(=O)c1ccccc1CCCCCC[O]. The second-order valence-corrected chi connectivity index (χ2v) is 5.84. The lowest BCUT2D eigenvalue weighted by atomic mass is 10.0. The molecule has 0 unspecified atom stereocenters. The van der Waals surface area contributed by atoms with Crippen molar-refractivity contribution in [3.8, 4) is 0 Å². The zero-order valence-corrected chi connectivity index (χ0v) is 13.9. The summed E-state index contributed by atoms with van der Waals surface area (Å²) in [5.41, 5.74) is 1.93. The Balaban J connectivity index is 2.39. The number of nitrogens with one attached hydrogen (secondary N) is 1. The van der Waals surface area contributed by atoms with E-state index >= 15 is 0 Å². The zero-order valence-electron chi connectivity index (χ0n) is 13.9. The molecule has 1 radical (unpaired) electrons. The maximum atomic E-state index is 12.3. The molecule has 1 aromatic rings. The minimum atomic E-state index is 0.0248. The van der Waals surface area contributed by atoms with Gasteiger partial charge in [-0.15, -0.1) is 0 Å². The number of hydrogen-bond acceptors (Lipinski definition) is 1. The summed E-state index contributed by atoms with van der Waals surface area (Å²) in [5, 5.41) is 13.4. The monoisotopic (exact) mass is 304 g/mol. The number of rotatable bonds is 12. The number of unbranched alkanes of at least 4 members (excludes halogenated alkanes) is 6. The smallest absolute Gasteiger partial charge is 0.251 e. The standard InChI is InChI=1S/C19H30NO2/c1-2-3-4-10-15-20-19(22)18-14-9-8-13-17(18)12-7-5-6-11-16-21/h8-9,13-14H,2-7,10-12,15-16H2,1H3,(H,20,22). The van der Waals surface area contributed by atoms with Gasteiger partial charge < -0.3 is 5.32 Å². The van der Waals surface area contributed by atoms with E-state index in [4.69, 9.17) is 0 Å². The number of carbonyl (C=O) groups excluding carboxylic acids is 1. The summed E-state index contributed by atoms with van der Waals surface area (Å²) in [7, 11) is 0. The molecule has 1 rings (SSSR count). The van der Waals surface area contributed by atoms with Crippen LogP contribution in [0.15, 0.2) is 24.3 Å². The van der Waals surface area contributed by atoms with Gasteiger partial charge in [0.1, 0.15) is 0 Å². The second-order valence-electron chi connectivity index (χ2n) is 5.84. The Morgan fingerprint density at radius 2 is 1.68 bits per heavy atom. The topological polar surface area (TPSA) is 49.0 Å². The fraction of sp³-hybridized carbons (Fsp3) is 0.632. The molecule has 1 amide bonds. The van der Waals surface area contributed by atoms with E-state index in [9.17, 15) is 9.90 Å². The zero-order chi connectivity index (χ0) is 16.0. The van der Waals surface area contributed by atoms with E-state index in [1.807, 2.05) is 24.3 Å². The maximum absolute atomic E-state index is 12.3. The van der Waals surface area contributed by atoms with Crippen molar-refractivity contribution in [2.45, 2.75) is 64.7 Å². The minimum absolute atomic E-state index is 0.0248. The lowest BCUT2D eigenvalue weighted by molar-refractivity contribution is 0.0952. The summed E-state index contributed by atoms with van der Waals surface area (Å²) in [4.78, 5) is 12.3. The third-order valence-corrected chi connectivity index (χ3v) is 3.92. The molecule has 0 bridgehead atoms. The summed E-state index contributed by atoms with van der Waals surface area (Å²) in [6, 6.07) is 7.87. The highest BCUT2D eigenvalue weighted by Gasteiger charge is 2.09. The molecule has 0 spiro atoms. The maximum Gasteiger partial charge on any atom is 0.251 e. The Morgan fingerprint density at radius 1 is 0.955 bits per heavy atom. The van der Waals surface area contributed by atoms with E-state index in [1.165, 1.54) is 19.3 Å². The quantitative estimate of drug-likeness (QED) is 0.567. The van der Waals surface area contributed by atoms with Crippen molar-refractivity contribution < 1.29 is 9.90 Å². The molecule has 0 fully saturated rings. The van der Waals surface area contributed by atoms with Crippen LogP contribution >= 0.6 is 0 Å². The molecule has 0 aliphatic rings. The average Bonchev–Trinajstić information content (AvgIpc) is 2.54. The van der Waals surface area contributed by atoms with Crippen molar-refractivity contribution in [1.82, 2.24) is 5.32 Å². The fourth-order valence-corrected chi connectivity index (χ4v) is 2.58. The first kappa shape index (κ1) is 18.7. The molecule has 22 heavy (non-hydrogen) atoms. The predicted molar refractivity (Wildman–Crippen MR) is 90.6 cm³/mol. The number of aryl methyl sites for hydroxylation is 1. The van der Waals surface area contributed by atoms with Gasteiger partial charge in [-0.2, -0.15) is 0 Å². The minimum Gasteiger partial charge on any atom is -0.352 e. The molecule has 123 valence electrons. The Bertz CT molecular complexity index is 418. The molecule has 0 aromatic heterocycles. The predicted octanol–water partition coefficient (Wildman–Crippen LogP) is 4.53. The Kier molecular flexibility index (Phi) is 10.4. The summed E-state index contributed by atoms with van der Waals surface area (Å²) < 4.78 is 0. The molecular weight excluding hydrogens is 274 g/mol. The van der Waals surface area contributed by atoms with Gasteiger partial charge in [-0.05, 0) is 37.3 Å². The molecule has 0 aliphatic carbocycles. The third-order valence-electron chi connectivity index (χ3n) is 3.92. The molecular formula is C19H30NO2. The van der Waals surface area contributed by atoms with Crippen LogP contribution in [0.25, 0.3) is 0 Å². The summed E-state index contributed by atoms with van der Waals surface area (Å²) in [5.74, 6) is 0.0478. The van der Waals surface area contributed by atoms with Crippen LogP contribution in [0.3, 0.4) is 0 Å². The van der Waals surface area contributed by atoms with Gasteiger partial charge in [-0.1, -0.05) is 57.2 Å². The van der Waals surface area contributed by atoms with E-state index in [-0.39, 0.29) is 12.5 Å². The lowest BCUT2D eigenvalue weighted by Gasteiger charge is -2.10. The van der Waals surface area contributed by atoms with Crippen LogP contribution in [0.2, 0.25) is 0 Å². The van der Waals surface area contributed by atoms with Gasteiger partial charge in [-0.25, -0.2) is 5.11 Å². The normalized spacial score (nSPS) is 10.6. The van der Waals surface area contributed by atoms with E-state index in [0.717, 1.165) is 56.2 Å². The Morgan fingerprint density at radius 3 is 2.45 bits per heavy atom. The molecule has 1 N–H and O–H groups in total. The Labute approximate surface area is 135 Å². The second kappa shape index (κ2) is 12.2. The molecule has 3 nitrogen and oxygen atoms in total. The lowest BCUT2D eigenvalue weighted by Crippen LogP contribution is -2.25. The highest BCUT2D eigenvalue weighted by molar-refractivity contribution is 5.95. The molecule has 0 heterocycles. The first-order chi connectivity index (χ1) is 10.8. The van der Waals surface area contributed by atoms with Crippen molar-refractivity contribution in [1.29, 1.82) is 0 Å². The number of hydrogen-bond donors (Lipinski definition) is 1. The van der Waals surface area contributed by atoms with Crippen LogP contribution in [0.4, 0.5) is 0 Å². The first-order valence-corrected chi connectivity index (χ1v) is 8.73. The molecule has 0 saturated heterocycles.